The normalized spacial score (nSPS) is 11.4. The summed E-state index contributed by atoms with van der Waals surface area (Å²) in [5.74, 6) is 0. The molecule has 0 aliphatic rings. The summed E-state index contributed by atoms with van der Waals surface area (Å²) in [5, 5.41) is 2.46. The second kappa shape index (κ2) is 8.12. The van der Waals surface area contributed by atoms with E-state index in [9.17, 15) is 4.79 Å². The summed E-state index contributed by atoms with van der Waals surface area (Å²) in [6, 6.07) is 19.7. The first-order valence-corrected chi connectivity index (χ1v) is 11.7. The third-order valence-electron chi connectivity index (χ3n) is 4.50. The van der Waals surface area contributed by atoms with Crippen LogP contribution < -0.4 is 9.91 Å². The van der Waals surface area contributed by atoms with Crippen LogP contribution in [0.15, 0.2) is 77.9 Å². The Hall–Kier alpha value is -2.35. The van der Waals surface area contributed by atoms with E-state index in [2.05, 4.69) is 34.2 Å². The number of aryl methyl sites for hydroxylation is 1. The molecule has 0 saturated heterocycles. The minimum absolute atomic E-state index is 0.0395. The number of benzene rings is 2. The van der Waals surface area contributed by atoms with Crippen LogP contribution >= 0.6 is 11.6 Å². The standard InChI is InChI=1S/C22H18AsClN2O/c24-17-8-6-16(7-9-17)18-14-26-19-11-13-25-22(20(19)21(18)27)23-12-10-15-4-2-1-3-5-15/h1-9,11,13-14,23H,10,12H2,(H,26,27). The molecule has 0 aliphatic carbocycles. The number of nitrogens with one attached hydrogen (secondary N) is 1. The van der Waals surface area contributed by atoms with E-state index in [0.29, 0.717) is 10.6 Å². The predicted molar refractivity (Wildman–Crippen MR) is 115 cm³/mol. The van der Waals surface area contributed by atoms with E-state index in [4.69, 9.17) is 11.6 Å². The second-order valence-corrected chi connectivity index (χ2v) is 9.50. The zero-order valence-electron chi connectivity index (χ0n) is 14.6. The van der Waals surface area contributed by atoms with Gasteiger partial charge in [0, 0.05) is 0 Å². The number of rotatable bonds is 5. The Bertz CT molecular complexity index is 1120. The van der Waals surface area contributed by atoms with E-state index < -0.39 is 15.8 Å². The van der Waals surface area contributed by atoms with Crippen LogP contribution in [0.3, 0.4) is 0 Å². The first kappa shape index (κ1) is 18.0. The number of aromatic amines is 1. The van der Waals surface area contributed by atoms with Crippen molar-refractivity contribution in [1.82, 2.24) is 9.97 Å². The van der Waals surface area contributed by atoms with Gasteiger partial charge in [0.25, 0.3) is 0 Å². The molecule has 2 heterocycles. The van der Waals surface area contributed by atoms with E-state index in [1.165, 1.54) is 5.56 Å². The molecular weight excluding hydrogens is 419 g/mol. The van der Waals surface area contributed by atoms with Crippen molar-refractivity contribution in [2.24, 2.45) is 0 Å². The van der Waals surface area contributed by atoms with Crippen molar-refractivity contribution in [2.75, 3.05) is 0 Å². The van der Waals surface area contributed by atoms with Crippen LogP contribution in [0.2, 0.25) is 10.2 Å². The van der Waals surface area contributed by atoms with Gasteiger partial charge in [0.1, 0.15) is 0 Å². The number of hydrogen-bond donors (Lipinski definition) is 1. The van der Waals surface area contributed by atoms with Gasteiger partial charge >= 0.3 is 169 Å². The Labute approximate surface area is 169 Å². The molecule has 2 aromatic heterocycles. The maximum absolute atomic E-state index is 13.2. The van der Waals surface area contributed by atoms with Crippen molar-refractivity contribution in [3.05, 3.63) is 93.9 Å². The molecule has 2 aromatic carbocycles. The third-order valence-corrected chi connectivity index (χ3v) is 7.30. The van der Waals surface area contributed by atoms with Gasteiger partial charge in [-0.2, -0.15) is 0 Å². The molecule has 0 bridgehead atoms. The van der Waals surface area contributed by atoms with Crippen molar-refractivity contribution >= 4 is 42.7 Å². The molecule has 1 N–H and O–H groups in total. The topological polar surface area (TPSA) is 45.8 Å². The Morgan fingerprint density at radius 3 is 2.56 bits per heavy atom. The van der Waals surface area contributed by atoms with Crippen molar-refractivity contribution in [3.8, 4) is 11.1 Å². The summed E-state index contributed by atoms with van der Waals surface area (Å²) in [6.07, 6.45) is 4.59. The molecule has 1 atom stereocenters. The van der Waals surface area contributed by atoms with Gasteiger partial charge in [-0.3, -0.25) is 0 Å². The van der Waals surface area contributed by atoms with Crippen molar-refractivity contribution in [3.63, 3.8) is 0 Å². The van der Waals surface area contributed by atoms with E-state index in [-0.39, 0.29) is 5.43 Å². The number of pyridine rings is 2. The van der Waals surface area contributed by atoms with Crippen LogP contribution in [0.1, 0.15) is 5.56 Å². The van der Waals surface area contributed by atoms with Gasteiger partial charge in [-0.25, -0.2) is 0 Å². The Kier molecular flexibility index (Phi) is 5.42. The first-order valence-electron chi connectivity index (χ1n) is 8.76. The van der Waals surface area contributed by atoms with Crippen molar-refractivity contribution in [2.45, 2.75) is 11.6 Å². The van der Waals surface area contributed by atoms with E-state index >= 15 is 0 Å². The maximum atomic E-state index is 13.2. The molecule has 1 unspecified atom stereocenters. The number of nitrogens with zero attached hydrogens (tertiary/aromatic N) is 1. The summed E-state index contributed by atoms with van der Waals surface area (Å²) >= 11 is 5.46. The van der Waals surface area contributed by atoms with E-state index in [0.717, 1.165) is 32.6 Å². The fraction of sp³-hybridized carbons (Fsp3) is 0.0909. The third kappa shape index (κ3) is 4.00. The molecule has 0 saturated carbocycles. The number of halogens is 1. The predicted octanol–water partition coefficient (Wildman–Crippen LogP) is 3.97. The van der Waals surface area contributed by atoms with Crippen molar-refractivity contribution in [1.29, 1.82) is 0 Å². The average Bonchev–Trinajstić information content (AvgIpc) is 2.70. The zero-order chi connectivity index (χ0) is 18.6. The zero-order valence-corrected chi connectivity index (χ0v) is 17.4. The van der Waals surface area contributed by atoms with Crippen LogP contribution in [0.4, 0.5) is 0 Å². The molecular formula is C22H18AsClN2O. The molecule has 0 radical (unpaired) electrons. The molecule has 0 aliphatic heterocycles. The van der Waals surface area contributed by atoms with Gasteiger partial charge in [-0.15, -0.1) is 0 Å². The van der Waals surface area contributed by atoms with Gasteiger partial charge in [-0.05, 0) is 0 Å². The first-order chi connectivity index (χ1) is 13.2. The molecule has 3 nitrogen and oxygen atoms in total. The van der Waals surface area contributed by atoms with E-state index in [1.807, 2.05) is 24.3 Å². The Morgan fingerprint density at radius 2 is 1.78 bits per heavy atom. The fourth-order valence-electron chi connectivity index (χ4n) is 3.11. The summed E-state index contributed by atoms with van der Waals surface area (Å²) in [7, 11) is 0. The Balaban J connectivity index is 1.67. The molecule has 4 aromatic rings. The molecule has 0 spiro atoms. The van der Waals surface area contributed by atoms with Crippen molar-refractivity contribution < 1.29 is 0 Å². The van der Waals surface area contributed by atoms with Gasteiger partial charge in [0.05, 0.1) is 0 Å². The average molecular weight is 437 g/mol. The summed E-state index contributed by atoms with van der Waals surface area (Å²) < 4.78 is 0.973. The molecule has 27 heavy (non-hydrogen) atoms. The van der Waals surface area contributed by atoms with Gasteiger partial charge in [0.2, 0.25) is 0 Å². The number of H-pyrrole nitrogens is 1. The van der Waals surface area contributed by atoms with Gasteiger partial charge in [0.15, 0.2) is 0 Å². The summed E-state index contributed by atoms with van der Waals surface area (Å²) in [5.41, 5.74) is 3.74. The van der Waals surface area contributed by atoms with Crippen LogP contribution in [0.25, 0.3) is 22.0 Å². The molecule has 134 valence electrons. The number of aromatic nitrogens is 2. The molecule has 4 rings (SSSR count). The monoisotopic (exact) mass is 436 g/mol. The molecule has 0 fully saturated rings. The number of fused-ring (bicyclic) bond motifs is 1. The fourth-order valence-corrected chi connectivity index (χ4v) is 5.84. The van der Waals surface area contributed by atoms with Crippen LogP contribution in [0, 0.1) is 0 Å². The SMILES string of the molecule is O=c1c(-c2ccc(Cl)cc2)c[nH]c2ccnc([AsH]CCc3ccccc3)c12. The van der Waals surface area contributed by atoms with Crippen LogP contribution in [-0.4, -0.2) is 25.7 Å². The van der Waals surface area contributed by atoms with Crippen LogP contribution in [-0.2, 0) is 6.42 Å². The minimum atomic E-state index is -0.511. The van der Waals surface area contributed by atoms with Gasteiger partial charge in [-0.1, -0.05) is 0 Å². The number of hydrogen-bond acceptors (Lipinski definition) is 2. The molecule has 5 heteroatoms. The molecule has 0 amide bonds. The van der Waals surface area contributed by atoms with E-state index in [1.54, 1.807) is 24.5 Å². The quantitative estimate of drug-likeness (QED) is 0.481. The summed E-state index contributed by atoms with van der Waals surface area (Å²) in [4.78, 5) is 21.0. The summed E-state index contributed by atoms with van der Waals surface area (Å²) in [6.45, 7) is 0. The second-order valence-electron chi connectivity index (χ2n) is 6.28. The Morgan fingerprint density at radius 1 is 1.00 bits per heavy atom. The van der Waals surface area contributed by atoms with Gasteiger partial charge < -0.3 is 0 Å². The van der Waals surface area contributed by atoms with Crippen LogP contribution in [0.5, 0.6) is 0 Å².